The van der Waals surface area contributed by atoms with Gasteiger partial charge in [0.1, 0.15) is 17.4 Å². The zero-order valence-electron chi connectivity index (χ0n) is 8.57. The number of ether oxygens (including phenoxy) is 1. The molecule has 0 atom stereocenters. The number of aryl methyl sites for hydroxylation is 1. The van der Waals surface area contributed by atoms with Crippen molar-refractivity contribution in [3.05, 3.63) is 28.8 Å². The maximum absolute atomic E-state index is 11.4. The number of phenols is 1. The standard InChI is InChI=1S/C11H11NO3/c1-3-15-11(14)9-5-7(2)4-8(6-12)10(9)13/h4-5,13H,3H2,1-2H3. The van der Waals surface area contributed by atoms with Gasteiger partial charge in [0.15, 0.2) is 0 Å². The van der Waals surface area contributed by atoms with E-state index in [0.717, 1.165) is 5.56 Å². The Kier molecular flexibility index (Phi) is 3.29. The average Bonchev–Trinajstić information content (AvgIpc) is 2.21. The highest BCUT2D eigenvalue weighted by molar-refractivity contribution is 5.93. The minimum atomic E-state index is -0.616. The third-order valence-electron chi connectivity index (χ3n) is 1.87. The van der Waals surface area contributed by atoms with Gasteiger partial charge in [0.2, 0.25) is 0 Å². The molecule has 0 amide bonds. The highest BCUT2D eigenvalue weighted by Gasteiger charge is 2.16. The number of benzene rings is 1. The molecule has 4 heteroatoms. The molecule has 0 aliphatic heterocycles. The topological polar surface area (TPSA) is 70.3 Å². The second-order valence-corrected chi connectivity index (χ2v) is 3.04. The van der Waals surface area contributed by atoms with E-state index < -0.39 is 5.97 Å². The summed E-state index contributed by atoms with van der Waals surface area (Å²) in [4.78, 5) is 11.4. The van der Waals surface area contributed by atoms with E-state index >= 15 is 0 Å². The van der Waals surface area contributed by atoms with Crippen LogP contribution >= 0.6 is 0 Å². The molecule has 0 aromatic heterocycles. The van der Waals surface area contributed by atoms with Crippen LogP contribution in [0.3, 0.4) is 0 Å². The molecule has 0 saturated carbocycles. The van der Waals surface area contributed by atoms with Crippen molar-refractivity contribution in [2.75, 3.05) is 6.61 Å². The highest BCUT2D eigenvalue weighted by Crippen LogP contribution is 2.24. The molecule has 0 aliphatic rings. The van der Waals surface area contributed by atoms with E-state index in [2.05, 4.69) is 0 Å². The van der Waals surface area contributed by atoms with Gasteiger partial charge in [-0.1, -0.05) is 0 Å². The zero-order valence-corrected chi connectivity index (χ0v) is 8.57. The van der Waals surface area contributed by atoms with Gasteiger partial charge in [-0.2, -0.15) is 5.26 Å². The van der Waals surface area contributed by atoms with Crippen molar-refractivity contribution in [1.82, 2.24) is 0 Å². The summed E-state index contributed by atoms with van der Waals surface area (Å²) < 4.78 is 4.75. The monoisotopic (exact) mass is 205 g/mol. The average molecular weight is 205 g/mol. The van der Waals surface area contributed by atoms with Gasteiger partial charge < -0.3 is 9.84 Å². The van der Waals surface area contributed by atoms with E-state index in [4.69, 9.17) is 10.00 Å². The number of aromatic hydroxyl groups is 1. The lowest BCUT2D eigenvalue weighted by atomic mass is 10.1. The molecule has 1 N–H and O–H groups in total. The molecule has 15 heavy (non-hydrogen) atoms. The maximum Gasteiger partial charge on any atom is 0.341 e. The Morgan fingerprint density at radius 2 is 2.27 bits per heavy atom. The number of rotatable bonds is 2. The van der Waals surface area contributed by atoms with Crippen LogP contribution in [0.4, 0.5) is 0 Å². The second kappa shape index (κ2) is 4.47. The Hall–Kier alpha value is -2.02. The number of phenolic OH excluding ortho intramolecular Hbond substituents is 1. The molecule has 0 spiro atoms. The first kappa shape index (κ1) is 11.1. The van der Waals surface area contributed by atoms with E-state index in [9.17, 15) is 9.90 Å². The Bertz CT molecular complexity index is 432. The minimum absolute atomic E-state index is 0.0356. The molecule has 1 rings (SSSR count). The predicted octanol–water partition coefficient (Wildman–Crippen LogP) is 1.75. The maximum atomic E-state index is 11.4. The number of carbonyl (C=O) groups is 1. The fraction of sp³-hybridized carbons (Fsp3) is 0.273. The zero-order chi connectivity index (χ0) is 11.4. The summed E-state index contributed by atoms with van der Waals surface area (Å²) in [5, 5.41) is 18.3. The minimum Gasteiger partial charge on any atom is -0.506 e. The number of hydrogen-bond donors (Lipinski definition) is 1. The molecule has 0 unspecified atom stereocenters. The molecule has 0 saturated heterocycles. The SMILES string of the molecule is CCOC(=O)c1cc(C)cc(C#N)c1O. The predicted molar refractivity (Wildman–Crippen MR) is 53.5 cm³/mol. The van der Waals surface area contributed by atoms with E-state index in [1.54, 1.807) is 13.8 Å². The van der Waals surface area contributed by atoms with Crippen LogP contribution in [-0.4, -0.2) is 17.7 Å². The molecular weight excluding hydrogens is 194 g/mol. The molecule has 0 fully saturated rings. The quantitative estimate of drug-likeness (QED) is 0.746. The summed E-state index contributed by atoms with van der Waals surface area (Å²) in [6.45, 7) is 3.65. The summed E-state index contributed by atoms with van der Waals surface area (Å²) in [5.41, 5.74) is 0.846. The van der Waals surface area contributed by atoms with Crippen LogP contribution < -0.4 is 0 Å². The molecule has 0 heterocycles. The Morgan fingerprint density at radius 3 is 2.80 bits per heavy atom. The number of nitriles is 1. The number of carbonyl (C=O) groups excluding carboxylic acids is 1. The number of hydrogen-bond acceptors (Lipinski definition) is 4. The lowest BCUT2D eigenvalue weighted by molar-refractivity contribution is 0.0523. The molecule has 0 aliphatic carbocycles. The van der Waals surface area contributed by atoms with Crippen LogP contribution in [0.5, 0.6) is 5.75 Å². The first-order valence-corrected chi connectivity index (χ1v) is 4.51. The third kappa shape index (κ3) is 2.26. The van der Waals surface area contributed by atoms with Crippen molar-refractivity contribution in [2.45, 2.75) is 13.8 Å². The van der Waals surface area contributed by atoms with E-state index in [0.29, 0.717) is 0 Å². The van der Waals surface area contributed by atoms with Crippen molar-refractivity contribution in [2.24, 2.45) is 0 Å². The number of esters is 1. The highest BCUT2D eigenvalue weighted by atomic mass is 16.5. The molecule has 78 valence electrons. The van der Waals surface area contributed by atoms with Gasteiger partial charge in [0.25, 0.3) is 0 Å². The molecule has 4 nitrogen and oxygen atoms in total. The van der Waals surface area contributed by atoms with Crippen LogP contribution in [0.25, 0.3) is 0 Å². The molecular formula is C11H11NO3. The van der Waals surface area contributed by atoms with E-state index in [1.165, 1.54) is 12.1 Å². The second-order valence-electron chi connectivity index (χ2n) is 3.04. The van der Waals surface area contributed by atoms with Crippen LogP contribution in [-0.2, 0) is 4.74 Å². The Morgan fingerprint density at radius 1 is 1.60 bits per heavy atom. The van der Waals surface area contributed by atoms with Crippen LogP contribution in [0, 0.1) is 18.3 Å². The van der Waals surface area contributed by atoms with Crippen molar-refractivity contribution < 1.29 is 14.6 Å². The molecule has 1 aromatic carbocycles. The molecule has 0 bridgehead atoms. The van der Waals surface area contributed by atoms with Gasteiger partial charge in [-0.05, 0) is 31.5 Å². The fourth-order valence-corrected chi connectivity index (χ4v) is 1.23. The normalized spacial score (nSPS) is 9.40. The van der Waals surface area contributed by atoms with Crippen LogP contribution in [0.1, 0.15) is 28.4 Å². The Balaban J connectivity index is 3.24. The van der Waals surface area contributed by atoms with Crippen molar-refractivity contribution in [3.63, 3.8) is 0 Å². The molecule has 1 aromatic rings. The van der Waals surface area contributed by atoms with E-state index in [1.807, 2.05) is 6.07 Å². The van der Waals surface area contributed by atoms with Gasteiger partial charge in [-0.3, -0.25) is 0 Å². The van der Waals surface area contributed by atoms with Gasteiger partial charge in [0, 0.05) is 0 Å². The fourth-order valence-electron chi connectivity index (χ4n) is 1.23. The third-order valence-corrected chi connectivity index (χ3v) is 1.87. The van der Waals surface area contributed by atoms with Crippen molar-refractivity contribution >= 4 is 5.97 Å². The smallest absolute Gasteiger partial charge is 0.341 e. The lowest BCUT2D eigenvalue weighted by Crippen LogP contribution is -2.06. The van der Waals surface area contributed by atoms with Gasteiger partial charge >= 0.3 is 5.97 Å². The number of nitrogens with zero attached hydrogens (tertiary/aromatic N) is 1. The summed E-state index contributed by atoms with van der Waals surface area (Å²) in [6, 6.07) is 4.82. The van der Waals surface area contributed by atoms with Gasteiger partial charge in [-0.25, -0.2) is 4.79 Å². The largest absolute Gasteiger partial charge is 0.506 e. The lowest BCUT2D eigenvalue weighted by Gasteiger charge is -2.06. The van der Waals surface area contributed by atoms with Crippen molar-refractivity contribution in [3.8, 4) is 11.8 Å². The van der Waals surface area contributed by atoms with Gasteiger partial charge in [-0.15, -0.1) is 0 Å². The summed E-state index contributed by atoms with van der Waals surface area (Å²) in [5.74, 6) is -0.934. The first-order chi connectivity index (χ1) is 7.10. The van der Waals surface area contributed by atoms with E-state index in [-0.39, 0.29) is 23.5 Å². The molecule has 0 radical (unpaired) electrons. The summed E-state index contributed by atoms with van der Waals surface area (Å²) >= 11 is 0. The first-order valence-electron chi connectivity index (χ1n) is 4.51. The Labute approximate surface area is 87.7 Å². The van der Waals surface area contributed by atoms with Gasteiger partial charge in [0.05, 0.1) is 12.2 Å². The van der Waals surface area contributed by atoms with Crippen LogP contribution in [0.2, 0.25) is 0 Å². The van der Waals surface area contributed by atoms with Crippen LogP contribution in [0.15, 0.2) is 12.1 Å². The summed E-state index contributed by atoms with van der Waals surface area (Å²) in [6.07, 6.45) is 0. The summed E-state index contributed by atoms with van der Waals surface area (Å²) in [7, 11) is 0. The van der Waals surface area contributed by atoms with Crippen molar-refractivity contribution in [1.29, 1.82) is 5.26 Å².